The predicted octanol–water partition coefficient (Wildman–Crippen LogP) is 12.3. The van der Waals surface area contributed by atoms with Gasteiger partial charge in [0.15, 0.2) is 5.82 Å². The second-order valence-corrected chi connectivity index (χ2v) is 12.9. The van der Waals surface area contributed by atoms with Crippen LogP contribution in [0.5, 0.6) is 0 Å². The summed E-state index contributed by atoms with van der Waals surface area (Å²) in [7, 11) is 0. The third-order valence-electron chi connectivity index (χ3n) is 8.90. The summed E-state index contributed by atoms with van der Waals surface area (Å²) in [6.07, 6.45) is 0. The first kappa shape index (κ1) is 27.4. The Bertz CT molecular complexity index is 2550. The number of thiophene rings is 1. The van der Waals surface area contributed by atoms with E-state index in [1.165, 1.54) is 47.6 Å². The van der Waals surface area contributed by atoms with Crippen molar-refractivity contribution in [3.8, 4) is 56.2 Å². The summed E-state index contributed by atoms with van der Waals surface area (Å²) >= 11 is 1.86. The Morgan fingerprint density at radius 1 is 0.340 bits per heavy atom. The van der Waals surface area contributed by atoms with Crippen molar-refractivity contribution in [2.24, 2.45) is 0 Å². The molecular formula is C44H28N2S. The third kappa shape index (κ3) is 5.07. The Morgan fingerprint density at radius 3 is 1.72 bits per heavy atom. The SMILES string of the molecule is c1ccc(-c2ccc(-c3cc(-c4cccc(-c5ccc6sc7ccc8ccccc8c7c6c5)c4)nc(-c4ccccc4)n3)cc2)cc1. The van der Waals surface area contributed by atoms with Crippen molar-refractivity contribution in [3.63, 3.8) is 0 Å². The molecule has 9 aromatic rings. The molecule has 0 fully saturated rings. The minimum Gasteiger partial charge on any atom is -0.228 e. The van der Waals surface area contributed by atoms with Gasteiger partial charge in [0, 0.05) is 36.9 Å². The molecule has 0 aliphatic rings. The molecule has 0 unspecified atom stereocenters. The lowest BCUT2D eigenvalue weighted by atomic mass is 9.98. The number of fused-ring (bicyclic) bond motifs is 5. The Balaban J connectivity index is 1.15. The first-order chi connectivity index (χ1) is 23.3. The highest BCUT2D eigenvalue weighted by Gasteiger charge is 2.14. The van der Waals surface area contributed by atoms with Gasteiger partial charge in [0.05, 0.1) is 11.4 Å². The maximum atomic E-state index is 5.11. The smallest absolute Gasteiger partial charge is 0.160 e. The molecule has 0 saturated heterocycles. The average Bonchev–Trinajstić information content (AvgIpc) is 3.54. The van der Waals surface area contributed by atoms with Crippen LogP contribution >= 0.6 is 11.3 Å². The molecule has 220 valence electrons. The molecule has 0 amide bonds. The second-order valence-electron chi connectivity index (χ2n) is 11.8. The number of nitrogens with zero attached hydrogens (tertiary/aromatic N) is 2. The van der Waals surface area contributed by atoms with Gasteiger partial charge in [-0.3, -0.25) is 0 Å². The summed E-state index contributed by atoms with van der Waals surface area (Å²) in [5.74, 6) is 0.716. The first-order valence-corrected chi connectivity index (χ1v) is 16.6. The zero-order chi connectivity index (χ0) is 31.2. The summed E-state index contributed by atoms with van der Waals surface area (Å²) in [6, 6.07) is 60.2. The molecule has 0 spiro atoms. The topological polar surface area (TPSA) is 25.8 Å². The van der Waals surface area contributed by atoms with E-state index in [1.807, 2.05) is 35.6 Å². The minimum atomic E-state index is 0.716. The summed E-state index contributed by atoms with van der Waals surface area (Å²) in [6.45, 7) is 0. The Kier molecular flexibility index (Phi) is 6.69. The fourth-order valence-electron chi connectivity index (χ4n) is 6.51. The van der Waals surface area contributed by atoms with Gasteiger partial charge >= 0.3 is 0 Å². The fraction of sp³-hybridized carbons (Fsp3) is 0. The van der Waals surface area contributed by atoms with Crippen molar-refractivity contribution in [1.29, 1.82) is 0 Å². The van der Waals surface area contributed by atoms with Crippen LogP contribution in [-0.4, -0.2) is 9.97 Å². The Morgan fingerprint density at radius 2 is 0.915 bits per heavy atom. The van der Waals surface area contributed by atoms with Crippen LogP contribution < -0.4 is 0 Å². The quantitative estimate of drug-likeness (QED) is 0.192. The van der Waals surface area contributed by atoms with Gasteiger partial charge in [-0.2, -0.15) is 0 Å². The zero-order valence-electron chi connectivity index (χ0n) is 25.5. The molecule has 0 radical (unpaired) electrons. The van der Waals surface area contributed by atoms with Crippen LogP contribution in [0.2, 0.25) is 0 Å². The van der Waals surface area contributed by atoms with Crippen LogP contribution in [0.1, 0.15) is 0 Å². The lowest BCUT2D eigenvalue weighted by Gasteiger charge is -2.11. The molecule has 0 saturated carbocycles. The molecule has 0 bridgehead atoms. The van der Waals surface area contributed by atoms with E-state index in [1.54, 1.807) is 0 Å². The van der Waals surface area contributed by atoms with Gasteiger partial charge < -0.3 is 0 Å². The van der Waals surface area contributed by atoms with Crippen LogP contribution in [0.25, 0.3) is 87.1 Å². The fourth-order valence-corrected chi connectivity index (χ4v) is 7.61. The van der Waals surface area contributed by atoms with E-state index in [-0.39, 0.29) is 0 Å². The summed E-state index contributed by atoms with van der Waals surface area (Å²) < 4.78 is 2.63. The van der Waals surface area contributed by atoms with Crippen molar-refractivity contribution < 1.29 is 0 Å². The predicted molar refractivity (Wildman–Crippen MR) is 200 cm³/mol. The van der Waals surface area contributed by atoms with Crippen molar-refractivity contribution >= 4 is 42.3 Å². The maximum absolute atomic E-state index is 5.11. The molecule has 0 aliphatic heterocycles. The Labute approximate surface area is 277 Å². The van der Waals surface area contributed by atoms with Crippen LogP contribution in [0.4, 0.5) is 0 Å². The van der Waals surface area contributed by atoms with Gasteiger partial charge in [0.25, 0.3) is 0 Å². The number of hydrogen-bond donors (Lipinski definition) is 0. The van der Waals surface area contributed by atoms with Gasteiger partial charge in [0.2, 0.25) is 0 Å². The first-order valence-electron chi connectivity index (χ1n) is 15.8. The average molecular weight is 617 g/mol. The van der Waals surface area contributed by atoms with Crippen LogP contribution in [0.15, 0.2) is 170 Å². The van der Waals surface area contributed by atoms with E-state index in [2.05, 4.69) is 146 Å². The van der Waals surface area contributed by atoms with E-state index in [0.29, 0.717) is 5.82 Å². The van der Waals surface area contributed by atoms with E-state index >= 15 is 0 Å². The molecule has 9 rings (SSSR count). The second kappa shape index (κ2) is 11.5. The van der Waals surface area contributed by atoms with E-state index in [4.69, 9.17) is 9.97 Å². The molecule has 0 aliphatic carbocycles. The molecule has 0 atom stereocenters. The van der Waals surface area contributed by atoms with Gasteiger partial charge in [-0.25, -0.2) is 9.97 Å². The lowest BCUT2D eigenvalue weighted by molar-refractivity contribution is 1.18. The van der Waals surface area contributed by atoms with E-state index in [9.17, 15) is 0 Å². The molecule has 3 heteroatoms. The standard InChI is InChI=1S/C44H28N2S/c1-3-10-29(11-4-1)30-18-20-32(21-19-30)39-28-40(46-44(45-39)33-13-5-2-6-14-33)36-16-9-15-34(26-36)35-23-24-41-38(27-35)43-37-17-8-7-12-31(37)22-25-42(43)47-41/h1-28H. The van der Waals surface area contributed by atoms with E-state index in [0.717, 1.165) is 33.6 Å². The highest BCUT2D eigenvalue weighted by atomic mass is 32.1. The summed E-state index contributed by atoms with van der Waals surface area (Å²) in [5, 5.41) is 5.23. The highest BCUT2D eigenvalue weighted by Crippen LogP contribution is 2.40. The monoisotopic (exact) mass is 616 g/mol. The number of rotatable bonds is 5. The van der Waals surface area contributed by atoms with Crippen LogP contribution in [0.3, 0.4) is 0 Å². The summed E-state index contributed by atoms with van der Waals surface area (Å²) in [5.41, 5.74) is 9.66. The van der Waals surface area contributed by atoms with Crippen LogP contribution in [0, 0.1) is 0 Å². The normalized spacial score (nSPS) is 11.4. The minimum absolute atomic E-state index is 0.716. The molecule has 2 aromatic heterocycles. The molecule has 2 heterocycles. The van der Waals surface area contributed by atoms with Crippen molar-refractivity contribution in [2.75, 3.05) is 0 Å². The molecular weight excluding hydrogens is 589 g/mol. The number of aromatic nitrogens is 2. The maximum Gasteiger partial charge on any atom is 0.160 e. The van der Waals surface area contributed by atoms with Crippen molar-refractivity contribution in [1.82, 2.24) is 9.97 Å². The van der Waals surface area contributed by atoms with Gasteiger partial charge in [-0.1, -0.05) is 140 Å². The van der Waals surface area contributed by atoms with E-state index < -0.39 is 0 Å². The van der Waals surface area contributed by atoms with Crippen molar-refractivity contribution in [3.05, 3.63) is 170 Å². The lowest BCUT2D eigenvalue weighted by Crippen LogP contribution is -1.96. The molecule has 2 nitrogen and oxygen atoms in total. The van der Waals surface area contributed by atoms with Gasteiger partial charge in [-0.05, 0) is 63.4 Å². The molecule has 0 N–H and O–H groups in total. The molecule has 7 aromatic carbocycles. The number of hydrogen-bond acceptors (Lipinski definition) is 3. The van der Waals surface area contributed by atoms with Gasteiger partial charge in [0.1, 0.15) is 0 Å². The zero-order valence-corrected chi connectivity index (χ0v) is 26.3. The molecule has 47 heavy (non-hydrogen) atoms. The van der Waals surface area contributed by atoms with Gasteiger partial charge in [-0.15, -0.1) is 11.3 Å². The number of benzene rings is 7. The largest absolute Gasteiger partial charge is 0.228 e. The summed E-state index contributed by atoms with van der Waals surface area (Å²) in [4.78, 5) is 10.2. The third-order valence-corrected chi connectivity index (χ3v) is 10.0. The highest BCUT2D eigenvalue weighted by molar-refractivity contribution is 7.26. The van der Waals surface area contributed by atoms with Crippen molar-refractivity contribution in [2.45, 2.75) is 0 Å². The van der Waals surface area contributed by atoms with Crippen LogP contribution in [-0.2, 0) is 0 Å². The Hall–Kier alpha value is -5.90.